The summed E-state index contributed by atoms with van der Waals surface area (Å²) in [6.45, 7) is 9.17. The zero-order valence-electron chi connectivity index (χ0n) is 6.60. The zero-order valence-corrected chi connectivity index (χ0v) is 6.60. The summed E-state index contributed by atoms with van der Waals surface area (Å²) >= 11 is 0. The van der Waals surface area contributed by atoms with Crippen LogP contribution in [0.3, 0.4) is 0 Å². The highest BCUT2D eigenvalue weighted by atomic mass is 15.4. The Morgan fingerprint density at radius 3 is 2.00 bits per heavy atom. The second-order valence-corrected chi connectivity index (χ2v) is 4.00. The van der Waals surface area contributed by atoms with Crippen LogP contribution in [-0.2, 0) is 0 Å². The molecule has 1 heteroatoms. The number of hydrogen-bond acceptors (Lipinski definition) is 0. The Bertz CT molecular complexity index is 183. The summed E-state index contributed by atoms with van der Waals surface area (Å²) in [6, 6.07) is 0.861. The van der Waals surface area contributed by atoms with Crippen molar-refractivity contribution in [3.63, 3.8) is 0 Å². The van der Waals surface area contributed by atoms with E-state index in [1.165, 1.54) is 0 Å². The number of rotatable bonds is 1. The van der Waals surface area contributed by atoms with Gasteiger partial charge in [0.15, 0.2) is 0 Å². The van der Waals surface area contributed by atoms with Crippen LogP contribution in [-0.4, -0.2) is 21.9 Å². The molecule has 0 aromatic heterocycles. The molecule has 2 heterocycles. The number of hydrogen-bond donors (Lipinski definition) is 0. The van der Waals surface area contributed by atoms with E-state index in [1.54, 1.807) is 5.71 Å². The van der Waals surface area contributed by atoms with Crippen LogP contribution in [0.4, 0.5) is 0 Å². The van der Waals surface area contributed by atoms with Gasteiger partial charge in [0.1, 0.15) is 0 Å². The molecular weight excluding hydrogens is 110 g/mol. The molecule has 0 aromatic carbocycles. The molecule has 50 valence electrons. The fourth-order valence-electron chi connectivity index (χ4n) is 1.94. The molecule has 0 aromatic rings. The van der Waals surface area contributed by atoms with Gasteiger partial charge >= 0.3 is 0 Å². The molecule has 0 bridgehead atoms. The van der Waals surface area contributed by atoms with Crippen LogP contribution in [0.5, 0.6) is 0 Å². The fraction of sp³-hybridized carbons (Fsp3) is 0.875. The molecule has 1 atom stereocenters. The predicted molar refractivity (Wildman–Crippen MR) is 38.0 cm³/mol. The summed E-state index contributed by atoms with van der Waals surface area (Å²) in [6.07, 6.45) is 0. The van der Waals surface area contributed by atoms with Gasteiger partial charge in [-0.05, 0) is 0 Å². The first kappa shape index (κ1) is 5.45. The summed E-state index contributed by atoms with van der Waals surface area (Å²) in [5.74, 6) is 0.841. The van der Waals surface area contributed by atoms with Gasteiger partial charge < -0.3 is 0 Å². The summed E-state index contributed by atoms with van der Waals surface area (Å²) in [7, 11) is 0. The van der Waals surface area contributed by atoms with Gasteiger partial charge in [0.2, 0.25) is 11.6 Å². The maximum Gasteiger partial charge on any atom is 0.294 e. The third-order valence-corrected chi connectivity index (χ3v) is 2.56. The third kappa shape index (κ3) is 0.440. The molecule has 9 heavy (non-hydrogen) atoms. The first-order valence-corrected chi connectivity index (χ1v) is 3.73. The molecule has 0 N–H and O–H groups in total. The monoisotopic (exact) mass is 124 g/mol. The fourth-order valence-corrected chi connectivity index (χ4v) is 1.94. The average Bonchev–Trinajstić information content (AvgIpc) is 2.46. The summed E-state index contributed by atoms with van der Waals surface area (Å²) in [5.41, 5.74) is 2.20. The largest absolute Gasteiger partial charge is 0.294 e. The Labute approximate surface area is 56.4 Å². The van der Waals surface area contributed by atoms with E-state index in [-0.39, 0.29) is 0 Å². The standard InChI is InChI=1S/C8H14N/c1-5(2)6-7-8(3,4)9(6)7/h5-6H,1-4H3/q+1. The van der Waals surface area contributed by atoms with Crippen molar-refractivity contribution in [1.82, 2.24) is 0 Å². The van der Waals surface area contributed by atoms with E-state index < -0.39 is 0 Å². The quantitative estimate of drug-likeness (QED) is 0.463. The van der Waals surface area contributed by atoms with Crippen LogP contribution in [0.25, 0.3) is 0 Å². The van der Waals surface area contributed by atoms with Crippen molar-refractivity contribution in [3.05, 3.63) is 0 Å². The van der Waals surface area contributed by atoms with E-state index in [1.807, 2.05) is 0 Å². The molecule has 0 spiro atoms. The van der Waals surface area contributed by atoms with Crippen LogP contribution in [0, 0.1) is 5.92 Å². The predicted octanol–water partition coefficient (Wildman–Crippen LogP) is 1.27. The molecule has 1 unspecified atom stereocenters. The summed E-state index contributed by atoms with van der Waals surface area (Å²) < 4.78 is 2.51. The van der Waals surface area contributed by atoms with Gasteiger partial charge in [0.05, 0.1) is 0 Å². The van der Waals surface area contributed by atoms with Gasteiger partial charge in [-0.2, -0.15) is 4.58 Å². The highest BCUT2D eigenvalue weighted by molar-refractivity contribution is 6.08. The number of nitrogens with zero attached hydrogens (tertiary/aromatic N) is 1. The molecule has 0 radical (unpaired) electrons. The van der Waals surface area contributed by atoms with Crippen molar-refractivity contribution in [2.75, 3.05) is 0 Å². The van der Waals surface area contributed by atoms with Crippen LogP contribution in [0.1, 0.15) is 27.7 Å². The minimum absolute atomic E-state index is 0.509. The van der Waals surface area contributed by atoms with Crippen LogP contribution in [0.15, 0.2) is 0 Å². The van der Waals surface area contributed by atoms with Gasteiger partial charge in [-0.3, -0.25) is 0 Å². The van der Waals surface area contributed by atoms with E-state index in [0.29, 0.717) is 5.54 Å². The normalized spacial score (nSPS) is 35.0. The maximum absolute atomic E-state index is 2.51. The second-order valence-electron chi connectivity index (χ2n) is 4.00. The Kier molecular flexibility index (Phi) is 0.662. The van der Waals surface area contributed by atoms with Gasteiger partial charge in [-0.25, -0.2) is 0 Å². The van der Waals surface area contributed by atoms with Crippen LogP contribution in [0.2, 0.25) is 0 Å². The van der Waals surface area contributed by atoms with E-state index in [0.717, 1.165) is 12.0 Å². The van der Waals surface area contributed by atoms with Crippen molar-refractivity contribution < 1.29 is 4.58 Å². The molecule has 2 aliphatic rings. The van der Waals surface area contributed by atoms with Gasteiger partial charge in [-0.1, -0.05) is 13.8 Å². The minimum atomic E-state index is 0.509. The first-order valence-electron chi connectivity index (χ1n) is 3.73. The minimum Gasteiger partial charge on any atom is -0.197 e. The van der Waals surface area contributed by atoms with Crippen LogP contribution < -0.4 is 0 Å². The molecular formula is C8H14N+. The van der Waals surface area contributed by atoms with Crippen molar-refractivity contribution in [2.24, 2.45) is 5.92 Å². The Morgan fingerprint density at radius 2 is 1.89 bits per heavy atom. The molecule has 1 nitrogen and oxygen atoms in total. The molecule has 2 rings (SSSR count). The maximum atomic E-state index is 2.51. The van der Waals surface area contributed by atoms with Crippen molar-refractivity contribution in [1.29, 1.82) is 0 Å². The molecule has 0 fully saturated rings. The average molecular weight is 124 g/mol. The zero-order chi connectivity index (χ0) is 6.81. The lowest BCUT2D eigenvalue weighted by Crippen LogP contribution is -2.37. The first-order chi connectivity index (χ1) is 4.07. The second kappa shape index (κ2) is 1.09. The molecule has 0 saturated carbocycles. The van der Waals surface area contributed by atoms with Crippen molar-refractivity contribution in [3.8, 4) is 0 Å². The Hall–Kier alpha value is -0.330. The lowest BCUT2D eigenvalue weighted by atomic mass is 9.92. The molecule has 0 aliphatic carbocycles. The van der Waals surface area contributed by atoms with Crippen molar-refractivity contribution in [2.45, 2.75) is 39.3 Å². The van der Waals surface area contributed by atoms with Gasteiger partial charge in [0.25, 0.3) is 5.71 Å². The Balaban J connectivity index is 1.95. The lowest BCUT2D eigenvalue weighted by Gasteiger charge is -2.09. The van der Waals surface area contributed by atoms with E-state index in [2.05, 4.69) is 32.3 Å². The third-order valence-electron chi connectivity index (χ3n) is 2.56. The van der Waals surface area contributed by atoms with Crippen molar-refractivity contribution >= 4 is 5.71 Å². The SMILES string of the molecule is CC(C)C1C2=[N+]1C2(C)C. The summed E-state index contributed by atoms with van der Waals surface area (Å²) in [5, 5.41) is 0. The van der Waals surface area contributed by atoms with Gasteiger partial charge in [-0.15, -0.1) is 0 Å². The molecule has 0 saturated heterocycles. The van der Waals surface area contributed by atoms with E-state index in [9.17, 15) is 0 Å². The van der Waals surface area contributed by atoms with Crippen LogP contribution >= 0.6 is 0 Å². The topological polar surface area (TPSA) is 3.01 Å². The smallest absolute Gasteiger partial charge is 0.197 e. The Morgan fingerprint density at radius 1 is 1.44 bits per heavy atom. The molecule has 2 aliphatic heterocycles. The highest BCUT2D eigenvalue weighted by Crippen LogP contribution is 2.48. The van der Waals surface area contributed by atoms with E-state index in [4.69, 9.17) is 0 Å². The molecule has 0 amide bonds. The summed E-state index contributed by atoms with van der Waals surface area (Å²) in [4.78, 5) is 0. The van der Waals surface area contributed by atoms with E-state index >= 15 is 0 Å². The lowest BCUT2D eigenvalue weighted by molar-refractivity contribution is -0.491. The highest BCUT2D eigenvalue weighted by Gasteiger charge is 2.81. The van der Waals surface area contributed by atoms with Gasteiger partial charge in [0, 0.05) is 19.8 Å².